The molecule has 0 unspecified atom stereocenters. The Bertz CT molecular complexity index is 479. The van der Waals surface area contributed by atoms with Crippen molar-refractivity contribution in [3.63, 3.8) is 0 Å². The molecule has 18 heavy (non-hydrogen) atoms. The molecule has 0 N–H and O–H groups in total. The van der Waals surface area contributed by atoms with Crippen molar-refractivity contribution in [2.24, 2.45) is 0 Å². The fraction of sp³-hybridized carbons (Fsp3) is 0.200. The zero-order valence-electron chi connectivity index (χ0n) is 10.2. The molecule has 0 bridgehead atoms. The maximum absolute atomic E-state index is 12.7. The van der Waals surface area contributed by atoms with Crippen LogP contribution in [0.25, 0.3) is 0 Å². The average molecular weight is 262 g/mol. The predicted molar refractivity (Wildman–Crippen MR) is 73.8 cm³/mol. The lowest BCUT2D eigenvalue weighted by atomic mass is 10.2. The Morgan fingerprint density at radius 3 is 2.28 bits per heavy atom. The van der Waals surface area contributed by atoms with E-state index in [9.17, 15) is 4.39 Å². The normalized spacial score (nSPS) is 10.3. The largest absolute Gasteiger partial charge is 0.497 e. The van der Waals surface area contributed by atoms with Crippen molar-refractivity contribution in [3.05, 3.63) is 59.9 Å². The van der Waals surface area contributed by atoms with Gasteiger partial charge >= 0.3 is 0 Å². The molecule has 0 saturated heterocycles. The maximum Gasteiger partial charge on any atom is 0.123 e. The fourth-order valence-corrected chi connectivity index (χ4v) is 2.51. The van der Waals surface area contributed by atoms with Crippen LogP contribution < -0.4 is 4.74 Å². The quantitative estimate of drug-likeness (QED) is 0.748. The number of hydrogen-bond acceptors (Lipinski definition) is 2. The summed E-state index contributed by atoms with van der Waals surface area (Å²) >= 11 is 1.74. The van der Waals surface area contributed by atoms with Crippen molar-refractivity contribution in [2.45, 2.75) is 11.3 Å². The average Bonchev–Trinajstić information content (AvgIpc) is 2.42. The van der Waals surface area contributed by atoms with E-state index in [0.717, 1.165) is 22.8 Å². The Morgan fingerprint density at radius 1 is 1.00 bits per heavy atom. The molecule has 0 radical (unpaired) electrons. The molecule has 2 aromatic carbocycles. The number of hydrogen-bond donors (Lipinski definition) is 0. The highest BCUT2D eigenvalue weighted by Gasteiger charge is 1.97. The summed E-state index contributed by atoms with van der Waals surface area (Å²) in [5.74, 6) is 1.68. The highest BCUT2D eigenvalue weighted by atomic mass is 32.2. The summed E-state index contributed by atoms with van der Waals surface area (Å²) in [7, 11) is 1.67. The molecular weight excluding hydrogens is 247 g/mol. The molecule has 1 nitrogen and oxygen atoms in total. The van der Waals surface area contributed by atoms with E-state index in [1.54, 1.807) is 18.9 Å². The second kappa shape index (κ2) is 6.45. The molecule has 0 amide bonds. The van der Waals surface area contributed by atoms with Crippen molar-refractivity contribution in [3.8, 4) is 5.75 Å². The van der Waals surface area contributed by atoms with Gasteiger partial charge in [-0.3, -0.25) is 0 Å². The van der Waals surface area contributed by atoms with Gasteiger partial charge in [0, 0.05) is 10.6 Å². The van der Waals surface area contributed by atoms with Gasteiger partial charge in [-0.1, -0.05) is 12.1 Å². The van der Waals surface area contributed by atoms with Crippen LogP contribution in [0.5, 0.6) is 5.75 Å². The zero-order valence-corrected chi connectivity index (χ0v) is 11.0. The minimum absolute atomic E-state index is 0.186. The summed E-state index contributed by atoms with van der Waals surface area (Å²) in [5, 5.41) is 0. The van der Waals surface area contributed by atoms with E-state index in [4.69, 9.17) is 4.74 Å². The summed E-state index contributed by atoms with van der Waals surface area (Å²) in [5.41, 5.74) is 1.28. The molecule has 94 valence electrons. The van der Waals surface area contributed by atoms with Crippen LogP contribution in [0.15, 0.2) is 53.4 Å². The first-order valence-electron chi connectivity index (χ1n) is 5.79. The highest BCUT2D eigenvalue weighted by Crippen LogP contribution is 2.20. The van der Waals surface area contributed by atoms with E-state index in [1.165, 1.54) is 17.7 Å². The molecule has 0 heterocycles. The number of ether oxygens (including phenoxy) is 1. The van der Waals surface area contributed by atoms with Gasteiger partial charge in [-0.2, -0.15) is 0 Å². The monoisotopic (exact) mass is 262 g/mol. The first-order valence-corrected chi connectivity index (χ1v) is 6.78. The van der Waals surface area contributed by atoms with E-state index in [0.29, 0.717) is 0 Å². The van der Waals surface area contributed by atoms with Gasteiger partial charge < -0.3 is 4.74 Å². The lowest BCUT2D eigenvalue weighted by Gasteiger charge is -2.04. The van der Waals surface area contributed by atoms with E-state index in [1.807, 2.05) is 24.3 Å². The lowest BCUT2D eigenvalue weighted by molar-refractivity contribution is 0.414. The van der Waals surface area contributed by atoms with Gasteiger partial charge in [0.1, 0.15) is 11.6 Å². The summed E-state index contributed by atoms with van der Waals surface area (Å²) < 4.78 is 17.8. The van der Waals surface area contributed by atoms with Gasteiger partial charge in [-0.25, -0.2) is 4.39 Å². The standard InChI is InChI=1S/C15H15FOS/c1-17-14-6-2-12(3-7-14)10-11-18-15-8-4-13(16)5-9-15/h2-9H,10-11H2,1H3. The van der Waals surface area contributed by atoms with Crippen LogP contribution in [0, 0.1) is 5.82 Å². The Kier molecular flexibility index (Phi) is 4.65. The zero-order chi connectivity index (χ0) is 12.8. The summed E-state index contributed by atoms with van der Waals surface area (Å²) in [4.78, 5) is 1.10. The van der Waals surface area contributed by atoms with E-state index in [2.05, 4.69) is 12.1 Å². The number of aryl methyl sites for hydroxylation is 1. The van der Waals surface area contributed by atoms with E-state index < -0.39 is 0 Å². The van der Waals surface area contributed by atoms with Gasteiger partial charge in [-0.05, 0) is 48.4 Å². The summed E-state index contributed by atoms with van der Waals surface area (Å²) in [6, 6.07) is 14.7. The smallest absolute Gasteiger partial charge is 0.123 e. The van der Waals surface area contributed by atoms with E-state index in [-0.39, 0.29) is 5.82 Å². The highest BCUT2D eigenvalue weighted by molar-refractivity contribution is 7.99. The molecule has 0 aliphatic rings. The maximum atomic E-state index is 12.7. The molecule has 0 aliphatic heterocycles. The summed E-state index contributed by atoms with van der Waals surface area (Å²) in [6.45, 7) is 0. The first-order chi connectivity index (χ1) is 8.78. The number of methoxy groups -OCH3 is 1. The Hall–Kier alpha value is -1.48. The first kappa shape index (κ1) is 13.0. The van der Waals surface area contributed by atoms with Crippen molar-refractivity contribution < 1.29 is 9.13 Å². The second-order valence-electron chi connectivity index (χ2n) is 3.90. The Morgan fingerprint density at radius 2 is 1.67 bits per heavy atom. The van der Waals surface area contributed by atoms with E-state index >= 15 is 0 Å². The predicted octanol–water partition coefficient (Wildman–Crippen LogP) is 4.17. The lowest BCUT2D eigenvalue weighted by Crippen LogP contribution is -1.89. The third-order valence-corrected chi connectivity index (χ3v) is 3.65. The van der Waals surface area contributed by atoms with Crippen molar-refractivity contribution >= 4 is 11.8 Å². The number of thioether (sulfide) groups is 1. The number of benzene rings is 2. The Labute approximate surface area is 111 Å². The van der Waals surface area contributed by atoms with Crippen LogP contribution in [0.4, 0.5) is 4.39 Å². The third kappa shape index (κ3) is 3.77. The molecule has 3 heteroatoms. The van der Waals surface area contributed by atoms with Crippen LogP contribution in [0.2, 0.25) is 0 Å². The number of halogens is 1. The van der Waals surface area contributed by atoms with Gasteiger partial charge in [0.2, 0.25) is 0 Å². The fourth-order valence-electron chi connectivity index (χ4n) is 1.61. The number of rotatable bonds is 5. The molecule has 2 rings (SSSR count). The molecule has 0 aliphatic carbocycles. The molecule has 0 spiro atoms. The van der Waals surface area contributed by atoms with Crippen LogP contribution >= 0.6 is 11.8 Å². The van der Waals surface area contributed by atoms with Gasteiger partial charge in [-0.15, -0.1) is 11.8 Å². The van der Waals surface area contributed by atoms with Crippen LogP contribution in [-0.2, 0) is 6.42 Å². The Balaban J connectivity index is 1.82. The second-order valence-corrected chi connectivity index (χ2v) is 5.07. The molecular formula is C15H15FOS. The minimum atomic E-state index is -0.186. The van der Waals surface area contributed by atoms with Crippen molar-refractivity contribution in [1.29, 1.82) is 0 Å². The third-order valence-electron chi connectivity index (χ3n) is 2.63. The molecule has 2 aromatic rings. The molecule has 0 atom stereocenters. The van der Waals surface area contributed by atoms with Crippen LogP contribution in [0.3, 0.4) is 0 Å². The van der Waals surface area contributed by atoms with Crippen molar-refractivity contribution in [1.82, 2.24) is 0 Å². The van der Waals surface area contributed by atoms with Crippen molar-refractivity contribution in [2.75, 3.05) is 12.9 Å². The molecule has 0 aromatic heterocycles. The van der Waals surface area contributed by atoms with Crippen LogP contribution in [-0.4, -0.2) is 12.9 Å². The van der Waals surface area contributed by atoms with Gasteiger partial charge in [0.25, 0.3) is 0 Å². The minimum Gasteiger partial charge on any atom is -0.497 e. The van der Waals surface area contributed by atoms with Gasteiger partial charge in [0.15, 0.2) is 0 Å². The molecule has 0 saturated carbocycles. The van der Waals surface area contributed by atoms with Crippen LogP contribution in [0.1, 0.15) is 5.56 Å². The molecule has 0 fully saturated rings. The SMILES string of the molecule is COc1ccc(CCSc2ccc(F)cc2)cc1. The summed E-state index contributed by atoms with van der Waals surface area (Å²) in [6.07, 6.45) is 0.992. The topological polar surface area (TPSA) is 9.23 Å². The van der Waals surface area contributed by atoms with Gasteiger partial charge in [0.05, 0.1) is 7.11 Å².